The summed E-state index contributed by atoms with van der Waals surface area (Å²) in [6.07, 6.45) is 6.63. The van der Waals surface area contributed by atoms with E-state index in [4.69, 9.17) is 10.5 Å². The quantitative estimate of drug-likeness (QED) is 0.377. The van der Waals surface area contributed by atoms with Gasteiger partial charge in [-0.15, -0.1) is 0 Å². The highest BCUT2D eigenvalue weighted by Gasteiger charge is 2.17. The van der Waals surface area contributed by atoms with Gasteiger partial charge in [-0.05, 0) is 23.8 Å². The molecule has 0 fully saturated rings. The first kappa shape index (κ1) is 23.0. The molecule has 9 heteroatoms. The zero-order valence-corrected chi connectivity index (χ0v) is 18.8. The molecule has 168 valence electrons. The SMILES string of the molecule is CN=CC(=CN)c1ccc(Nc2ncc3ccnc(NCC(C)(C)CO)c3n2)c(OC)c1. The molecule has 9 nitrogen and oxygen atoms in total. The van der Waals surface area contributed by atoms with Gasteiger partial charge >= 0.3 is 0 Å². The van der Waals surface area contributed by atoms with Crippen molar-refractivity contribution >= 4 is 40.1 Å². The van der Waals surface area contributed by atoms with Crippen molar-refractivity contribution in [3.63, 3.8) is 0 Å². The van der Waals surface area contributed by atoms with Gasteiger partial charge in [-0.25, -0.2) is 15.0 Å². The minimum atomic E-state index is -0.285. The Hall–Kier alpha value is -3.72. The number of aliphatic hydroxyl groups excluding tert-OH is 1. The number of nitrogens with one attached hydrogen (secondary N) is 2. The predicted molar refractivity (Wildman–Crippen MR) is 130 cm³/mol. The average Bonchev–Trinajstić information content (AvgIpc) is 2.81. The fraction of sp³-hybridized carbons (Fsp3) is 0.304. The molecule has 0 saturated carbocycles. The lowest BCUT2D eigenvalue weighted by atomic mass is 9.95. The number of nitrogens with zero attached hydrogens (tertiary/aromatic N) is 4. The van der Waals surface area contributed by atoms with Crippen LogP contribution in [0.15, 0.2) is 47.9 Å². The van der Waals surface area contributed by atoms with Crippen LogP contribution >= 0.6 is 0 Å². The van der Waals surface area contributed by atoms with Crippen molar-refractivity contribution < 1.29 is 9.84 Å². The second kappa shape index (κ2) is 10.1. The summed E-state index contributed by atoms with van der Waals surface area (Å²) in [5, 5.41) is 16.9. The Labute approximate surface area is 187 Å². The van der Waals surface area contributed by atoms with E-state index in [0.717, 1.165) is 16.5 Å². The van der Waals surface area contributed by atoms with Crippen LogP contribution in [0, 0.1) is 5.41 Å². The molecule has 0 unspecified atom stereocenters. The van der Waals surface area contributed by atoms with Crippen LogP contribution in [0.25, 0.3) is 16.5 Å². The monoisotopic (exact) mass is 435 g/mol. The van der Waals surface area contributed by atoms with E-state index >= 15 is 0 Å². The van der Waals surface area contributed by atoms with Gasteiger partial charge < -0.3 is 26.2 Å². The summed E-state index contributed by atoms with van der Waals surface area (Å²) in [6, 6.07) is 7.51. The van der Waals surface area contributed by atoms with E-state index in [1.807, 2.05) is 38.1 Å². The van der Waals surface area contributed by atoms with Gasteiger partial charge in [0.25, 0.3) is 0 Å². The second-order valence-electron chi connectivity index (χ2n) is 8.02. The summed E-state index contributed by atoms with van der Waals surface area (Å²) < 4.78 is 5.55. The average molecular weight is 436 g/mol. The number of benzene rings is 1. The number of aliphatic hydroxyl groups is 1. The largest absolute Gasteiger partial charge is 0.495 e. The first-order valence-electron chi connectivity index (χ1n) is 10.2. The zero-order valence-electron chi connectivity index (χ0n) is 18.8. The molecule has 0 atom stereocenters. The molecule has 1 aromatic carbocycles. The molecule has 3 rings (SSSR count). The van der Waals surface area contributed by atoms with Gasteiger partial charge in [0.2, 0.25) is 5.95 Å². The number of allylic oxidation sites excluding steroid dienone is 1. The minimum Gasteiger partial charge on any atom is -0.495 e. The lowest BCUT2D eigenvalue weighted by molar-refractivity contribution is 0.171. The van der Waals surface area contributed by atoms with Crippen LogP contribution < -0.4 is 21.1 Å². The summed E-state index contributed by atoms with van der Waals surface area (Å²) >= 11 is 0. The van der Waals surface area contributed by atoms with E-state index in [-0.39, 0.29) is 12.0 Å². The summed E-state index contributed by atoms with van der Waals surface area (Å²) in [5.74, 6) is 1.66. The van der Waals surface area contributed by atoms with E-state index in [0.29, 0.717) is 35.3 Å². The number of hydrogen-bond donors (Lipinski definition) is 4. The van der Waals surface area contributed by atoms with E-state index < -0.39 is 0 Å². The molecule has 0 aliphatic carbocycles. The van der Waals surface area contributed by atoms with Crippen molar-refractivity contribution in [1.82, 2.24) is 15.0 Å². The summed E-state index contributed by atoms with van der Waals surface area (Å²) in [5.41, 5.74) is 8.48. The first-order valence-corrected chi connectivity index (χ1v) is 10.2. The fourth-order valence-electron chi connectivity index (χ4n) is 2.97. The van der Waals surface area contributed by atoms with Crippen LogP contribution in [0.1, 0.15) is 19.4 Å². The van der Waals surface area contributed by atoms with Crippen molar-refractivity contribution in [2.45, 2.75) is 13.8 Å². The Balaban J connectivity index is 1.91. The first-order chi connectivity index (χ1) is 15.4. The molecule has 0 bridgehead atoms. The van der Waals surface area contributed by atoms with Crippen LogP contribution in [-0.2, 0) is 0 Å². The predicted octanol–water partition coefficient (Wildman–Crippen LogP) is 3.21. The van der Waals surface area contributed by atoms with Crippen molar-refractivity contribution in [3.05, 3.63) is 48.4 Å². The minimum absolute atomic E-state index is 0.0630. The molecule has 0 spiro atoms. The van der Waals surface area contributed by atoms with Gasteiger partial charge in [0, 0.05) is 61.4 Å². The van der Waals surface area contributed by atoms with Crippen LogP contribution in [0.2, 0.25) is 0 Å². The number of rotatable bonds is 9. The number of anilines is 3. The molecule has 0 aliphatic heterocycles. The number of methoxy groups -OCH3 is 1. The van der Waals surface area contributed by atoms with Crippen molar-refractivity contribution in [2.75, 3.05) is 37.9 Å². The van der Waals surface area contributed by atoms with Gasteiger partial charge in [0.05, 0.1) is 12.8 Å². The third-order valence-corrected chi connectivity index (χ3v) is 4.89. The second-order valence-corrected chi connectivity index (χ2v) is 8.02. The topological polar surface area (TPSA) is 131 Å². The van der Waals surface area contributed by atoms with Crippen LogP contribution in [0.3, 0.4) is 0 Å². The van der Waals surface area contributed by atoms with Crippen molar-refractivity contribution in [2.24, 2.45) is 16.1 Å². The smallest absolute Gasteiger partial charge is 0.227 e. The highest BCUT2D eigenvalue weighted by atomic mass is 16.5. The Bertz CT molecular complexity index is 1140. The maximum absolute atomic E-state index is 9.52. The highest BCUT2D eigenvalue weighted by Crippen LogP contribution is 2.30. The number of ether oxygens (including phenoxy) is 1. The van der Waals surface area contributed by atoms with Gasteiger partial charge in [-0.1, -0.05) is 19.9 Å². The Morgan fingerprint density at radius 2 is 2.09 bits per heavy atom. The maximum Gasteiger partial charge on any atom is 0.227 e. The summed E-state index contributed by atoms with van der Waals surface area (Å²) in [6.45, 7) is 4.56. The van der Waals surface area contributed by atoms with E-state index in [2.05, 4.69) is 30.6 Å². The molecular weight excluding hydrogens is 406 g/mol. The number of aromatic nitrogens is 3. The maximum atomic E-state index is 9.52. The van der Waals surface area contributed by atoms with E-state index in [9.17, 15) is 5.11 Å². The summed E-state index contributed by atoms with van der Waals surface area (Å²) in [7, 11) is 3.29. The number of nitrogens with two attached hydrogens (primary N) is 1. The number of hydrogen-bond acceptors (Lipinski definition) is 9. The number of fused-ring (bicyclic) bond motifs is 1. The molecule has 2 aromatic heterocycles. The van der Waals surface area contributed by atoms with Crippen molar-refractivity contribution in [3.8, 4) is 5.75 Å². The number of pyridine rings is 1. The fourth-order valence-corrected chi connectivity index (χ4v) is 2.97. The van der Waals surface area contributed by atoms with Crippen LogP contribution in [0.4, 0.5) is 17.5 Å². The van der Waals surface area contributed by atoms with E-state index in [1.165, 1.54) is 6.20 Å². The molecule has 2 heterocycles. The highest BCUT2D eigenvalue weighted by molar-refractivity contribution is 6.09. The molecule has 0 amide bonds. The summed E-state index contributed by atoms with van der Waals surface area (Å²) in [4.78, 5) is 17.5. The third kappa shape index (κ3) is 5.30. The normalized spacial score (nSPS) is 12.3. The zero-order chi connectivity index (χ0) is 23.1. The standard InChI is InChI=1S/C23H29N7O2/c1-23(2,14-31)13-28-21-20-16(7-8-26-21)12-27-22(30-20)29-18-6-5-15(9-19(18)32-4)17(10-24)11-25-3/h5-12,31H,13-14,24H2,1-4H3,(H,26,28)(H,27,29,30). The van der Waals surface area contributed by atoms with Crippen molar-refractivity contribution in [1.29, 1.82) is 0 Å². The molecule has 0 aliphatic rings. The molecule has 3 aromatic rings. The molecule has 5 N–H and O–H groups in total. The van der Waals surface area contributed by atoms with Gasteiger partial charge in [0.15, 0.2) is 5.82 Å². The molecular formula is C23H29N7O2. The molecule has 32 heavy (non-hydrogen) atoms. The van der Waals surface area contributed by atoms with Gasteiger partial charge in [-0.3, -0.25) is 4.99 Å². The Morgan fingerprint density at radius 1 is 1.28 bits per heavy atom. The third-order valence-electron chi connectivity index (χ3n) is 4.89. The van der Waals surface area contributed by atoms with Crippen LogP contribution in [0.5, 0.6) is 5.75 Å². The Morgan fingerprint density at radius 3 is 2.78 bits per heavy atom. The van der Waals surface area contributed by atoms with Gasteiger partial charge in [-0.2, -0.15) is 0 Å². The van der Waals surface area contributed by atoms with Crippen LogP contribution in [-0.4, -0.2) is 53.6 Å². The van der Waals surface area contributed by atoms with Gasteiger partial charge in [0.1, 0.15) is 11.3 Å². The number of aliphatic imine (C=N–C) groups is 1. The molecule has 0 radical (unpaired) electrons. The Kier molecular flexibility index (Phi) is 7.21. The lowest BCUT2D eigenvalue weighted by Gasteiger charge is -2.22. The van der Waals surface area contributed by atoms with E-state index in [1.54, 1.807) is 32.8 Å². The molecule has 0 saturated heterocycles. The lowest BCUT2D eigenvalue weighted by Crippen LogP contribution is -2.27.